The fraction of sp³-hybridized carbons (Fsp3) is 0.429. The van der Waals surface area contributed by atoms with Crippen LogP contribution in [0.15, 0.2) is 36.5 Å². The Labute approximate surface area is 174 Å². The standard InChI is InChI=1S/C21H23F2N3O3S/c1-30(28,29)25-13-5-4-10-26(12-13)21(27)16-11-15(16)20-14(6-3-9-24-20)19-17(22)7-2-8-18(19)23/h2-3,6-9,13,15-16,25H,4-5,10-12H2,1H3/t13-,15-,16-/m1/s1. The molecule has 0 radical (unpaired) electrons. The molecule has 1 N–H and O–H groups in total. The van der Waals surface area contributed by atoms with E-state index in [0.717, 1.165) is 6.26 Å². The Kier molecular flexibility index (Phi) is 5.59. The third-order valence-electron chi connectivity index (χ3n) is 5.64. The summed E-state index contributed by atoms with van der Waals surface area (Å²) < 4.78 is 54.2. The molecule has 30 heavy (non-hydrogen) atoms. The lowest BCUT2D eigenvalue weighted by Gasteiger charge is -2.33. The molecule has 0 spiro atoms. The minimum absolute atomic E-state index is 0.0643. The first kappa shape index (κ1) is 20.9. The maximum Gasteiger partial charge on any atom is 0.226 e. The van der Waals surface area contributed by atoms with Crippen molar-refractivity contribution >= 4 is 15.9 Å². The molecule has 2 fully saturated rings. The van der Waals surface area contributed by atoms with Crippen LogP contribution in [0.3, 0.4) is 0 Å². The number of carbonyl (C=O) groups is 1. The molecule has 2 aromatic rings. The average molecular weight is 435 g/mol. The molecule has 1 aliphatic carbocycles. The summed E-state index contributed by atoms with van der Waals surface area (Å²) in [6.45, 7) is 0.896. The van der Waals surface area contributed by atoms with Gasteiger partial charge in [0.25, 0.3) is 0 Å². The predicted molar refractivity (Wildman–Crippen MR) is 108 cm³/mol. The molecular weight excluding hydrogens is 412 g/mol. The fourth-order valence-electron chi connectivity index (χ4n) is 4.26. The van der Waals surface area contributed by atoms with Crippen molar-refractivity contribution in [3.05, 3.63) is 53.9 Å². The van der Waals surface area contributed by atoms with E-state index in [1.165, 1.54) is 18.2 Å². The van der Waals surface area contributed by atoms with Gasteiger partial charge in [-0.2, -0.15) is 0 Å². The Morgan fingerprint density at radius 3 is 2.63 bits per heavy atom. The van der Waals surface area contributed by atoms with Gasteiger partial charge in [0.2, 0.25) is 15.9 Å². The maximum absolute atomic E-state index is 14.3. The molecule has 1 saturated heterocycles. The molecule has 1 aromatic carbocycles. The van der Waals surface area contributed by atoms with Crippen LogP contribution >= 0.6 is 0 Å². The van der Waals surface area contributed by atoms with Crippen LogP contribution in [0.1, 0.15) is 30.9 Å². The molecule has 160 valence electrons. The van der Waals surface area contributed by atoms with Gasteiger partial charge in [0.05, 0.1) is 17.5 Å². The maximum atomic E-state index is 14.3. The van der Waals surface area contributed by atoms with Crippen molar-refractivity contribution in [1.82, 2.24) is 14.6 Å². The Morgan fingerprint density at radius 2 is 1.93 bits per heavy atom. The van der Waals surface area contributed by atoms with Crippen molar-refractivity contribution in [2.24, 2.45) is 5.92 Å². The summed E-state index contributed by atoms with van der Waals surface area (Å²) in [5, 5.41) is 0. The van der Waals surface area contributed by atoms with Crippen LogP contribution in [-0.2, 0) is 14.8 Å². The van der Waals surface area contributed by atoms with Crippen molar-refractivity contribution in [3.8, 4) is 11.1 Å². The van der Waals surface area contributed by atoms with Crippen molar-refractivity contribution in [2.45, 2.75) is 31.2 Å². The molecule has 0 unspecified atom stereocenters. The highest BCUT2D eigenvalue weighted by Gasteiger charge is 2.48. The van der Waals surface area contributed by atoms with Crippen LogP contribution in [0, 0.1) is 17.6 Å². The number of sulfonamides is 1. The topological polar surface area (TPSA) is 79.4 Å². The molecule has 4 rings (SSSR count). The molecule has 3 atom stereocenters. The van der Waals surface area contributed by atoms with E-state index in [1.807, 2.05) is 0 Å². The van der Waals surface area contributed by atoms with Crippen molar-refractivity contribution in [1.29, 1.82) is 0 Å². The van der Waals surface area contributed by atoms with Crippen LogP contribution in [-0.4, -0.2) is 49.6 Å². The second-order valence-corrected chi connectivity index (χ2v) is 9.78. The molecule has 2 heterocycles. The van der Waals surface area contributed by atoms with Gasteiger partial charge in [-0.25, -0.2) is 21.9 Å². The molecule has 9 heteroatoms. The first-order chi connectivity index (χ1) is 14.2. The zero-order chi connectivity index (χ0) is 21.5. The van der Waals surface area contributed by atoms with Gasteiger partial charge in [-0.1, -0.05) is 12.1 Å². The normalized spacial score (nSPS) is 24.0. The van der Waals surface area contributed by atoms with E-state index >= 15 is 0 Å². The number of piperidine rings is 1. The first-order valence-electron chi connectivity index (χ1n) is 9.90. The first-order valence-corrected chi connectivity index (χ1v) is 11.8. The molecular formula is C21H23F2N3O3S. The highest BCUT2D eigenvalue weighted by atomic mass is 32.2. The van der Waals surface area contributed by atoms with Gasteiger partial charge in [-0.05, 0) is 37.5 Å². The third kappa shape index (κ3) is 4.37. The van der Waals surface area contributed by atoms with E-state index in [9.17, 15) is 22.0 Å². The SMILES string of the molecule is CS(=O)(=O)N[C@@H]1CCCN(C(=O)[C@@H]2C[C@H]2c2ncccc2-c2c(F)cccc2F)C1. The highest BCUT2D eigenvalue weighted by molar-refractivity contribution is 7.88. The second kappa shape index (κ2) is 8.03. The lowest BCUT2D eigenvalue weighted by atomic mass is 9.99. The fourth-order valence-corrected chi connectivity index (χ4v) is 5.06. The second-order valence-electron chi connectivity index (χ2n) is 7.99. The summed E-state index contributed by atoms with van der Waals surface area (Å²) in [6.07, 6.45) is 4.62. The Hall–Kier alpha value is -2.39. The van der Waals surface area contributed by atoms with Gasteiger partial charge in [-0.3, -0.25) is 9.78 Å². The van der Waals surface area contributed by atoms with Gasteiger partial charge >= 0.3 is 0 Å². The Balaban J connectivity index is 1.52. The third-order valence-corrected chi connectivity index (χ3v) is 6.40. The Morgan fingerprint density at radius 1 is 1.20 bits per heavy atom. The zero-order valence-corrected chi connectivity index (χ0v) is 17.3. The van der Waals surface area contributed by atoms with Crippen molar-refractivity contribution in [3.63, 3.8) is 0 Å². The molecule has 1 aliphatic heterocycles. The Bertz CT molecular complexity index is 1060. The number of likely N-dealkylation sites (tertiary alicyclic amines) is 1. The lowest BCUT2D eigenvalue weighted by molar-refractivity contribution is -0.133. The molecule has 1 amide bonds. The molecule has 1 saturated carbocycles. The van der Waals surface area contributed by atoms with Gasteiger partial charge < -0.3 is 4.90 Å². The number of halogens is 2. The summed E-state index contributed by atoms with van der Waals surface area (Å²) in [6, 6.07) is 6.66. The molecule has 2 aliphatic rings. The van der Waals surface area contributed by atoms with Crippen molar-refractivity contribution in [2.75, 3.05) is 19.3 Å². The number of carbonyl (C=O) groups excluding carboxylic acids is 1. The van der Waals surface area contributed by atoms with Gasteiger partial charge in [0.1, 0.15) is 11.6 Å². The van der Waals surface area contributed by atoms with Gasteiger partial charge in [0.15, 0.2) is 0 Å². The van der Waals surface area contributed by atoms with Gasteiger partial charge in [-0.15, -0.1) is 0 Å². The number of nitrogens with one attached hydrogen (secondary N) is 1. The summed E-state index contributed by atoms with van der Waals surface area (Å²) in [7, 11) is -3.34. The van der Waals surface area contributed by atoms with Crippen LogP contribution < -0.4 is 4.72 Å². The monoisotopic (exact) mass is 435 g/mol. The van der Waals surface area contributed by atoms with E-state index in [-0.39, 0.29) is 29.3 Å². The largest absolute Gasteiger partial charge is 0.341 e. The van der Waals surface area contributed by atoms with E-state index < -0.39 is 21.7 Å². The summed E-state index contributed by atoms with van der Waals surface area (Å²) >= 11 is 0. The number of aromatic nitrogens is 1. The predicted octanol–water partition coefficient (Wildman–Crippen LogP) is 2.67. The van der Waals surface area contributed by atoms with E-state index in [1.54, 1.807) is 23.2 Å². The number of hydrogen-bond acceptors (Lipinski definition) is 4. The van der Waals surface area contributed by atoms with Crippen LogP contribution in [0.25, 0.3) is 11.1 Å². The number of amides is 1. The molecule has 1 aromatic heterocycles. The molecule has 0 bridgehead atoms. The molecule has 6 nitrogen and oxygen atoms in total. The number of benzene rings is 1. The van der Waals surface area contributed by atoms with Crippen molar-refractivity contribution < 1.29 is 22.0 Å². The summed E-state index contributed by atoms with van der Waals surface area (Å²) in [4.78, 5) is 19.0. The number of hydrogen-bond donors (Lipinski definition) is 1. The highest BCUT2D eigenvalue weighted by Crippen LogP contribution is 2.50. The lowest BCUT2D eigenvalue weighted by Crippen LogP contribution is -2.49. The van der Waals surface area contributed by atoms with E-state index in [0.29, 0.717) is 43.6 Å². The van der Waals surface area contributed by atoms with Crippen LogP contribution in [0.4, 0.5) is 8.78 Å². The summed E-state index contributed by atoms with van der Waals surface area (Å²) in [5.74, 6) is -1.93. The van der Waals surface area contributed by atoms with Gasteiger partial charge in [0, 0.05) is 42.7 Å². The smallest absolute Gasteiger partial charge is 0.226 e. The summed E-state index contributed by atoms with van der Waals surface area (Å²) in [5.41, 5.74) is 0.750. The zero-order valence-electron chi connectivity index (χ0n) is 16.5. The van der Waals surface area contributed by atoms with Crippen LogP contribution in [0.5, 0.6) is 0 Å². The number of rotatable bonds is 5. The number of pyridine rings is 1. The van der Waals surface area contributed by atoms with Crippen LogP contribution in [0.2, 0.25) is 0 Å². The van der Waals surface area contributed by atoms with E-state index in [2.05, 4.69) is 9.71 Å². The quantitative estimate of drug-likeness (QED) is 0.783. The minimum Gasteiger partial charge on any atom is -0.341 e. The average Bonchev–Trinajstić information content (AvgIpc) is 3.47. The minimum atomic E-state index is -3.34. The van der Waals surface area contributed by atoms with E-state index in [4.69, 9.17) is 0 Å². The number of nitrogens with zero attached hydrogens (tertiary/aromatic N) is 2.